The molecule has 1 aromatic heterocycles. The number of carbonyl (C=O) groups is 2. The second kappa shape index (κ2) is 16.4. The lowest BCUT2D eigenvalue weighted by molar-refractivity contribution is -0.0538. The fraction of sp³-hybridized carbons (Fsp3) is 0.769. The zero-order chi connectivity index (χ0) is 24.6. The molecule has 0 saturated carbocycles. The van der Waals surface area contributed by atoms with E-state index in [4.69, 9.17) is 18.6 Å². The molecule has 1 aromatic rings. The summed E-state index contributed by atoms with van der Waals surface area (Å²) in [7, 11) is 0. The maximum Gasteiger partial charge on any atom is 0.407 e. The van der Waals surface area contributed by atoms with Crippen molar-refractivity contribution in [3.8, 4) is 5.95 Å². The Balaban J connectivity index is 1.55. The predicted octanol–water partition coefficient (Wildman–Crippen LogP) is 6.28. The summed E-state index contributed by atoms with van der Waals surface area (Å²) in [6, 6.07) is 2.57. The van der Waals surface area contributed by atoms with Gasteiger partial charge in [-0.15, -0.1) is 0 Å². The molecule has 34 heavy (non-hydrogen) atoms. The molecule has 0 bridgehead atoms. The minimum absolute atomic E-state index is 0.0372. The monoisotopic (exact) mass is 481 g/mol. The number of hydrogen-bond donors (Lipinski definition) is 1. The summed E-state index contributed by atoms with van der Waals surface area (Å²) >= 11 is 0. The van der Waals surface area contributed by atoms with Gasteiger partial charge in [0.05, 0.1) is 25.9 Å². The van der Waals surface area contributed by atoms with E-state index in [-0.39, 0.29) is 24.9 Å². The van der Waals surface area contributed by atoms with Crippen molar-refractivity contribution < 1.29 is 33.3 Å². The predicted molar refractivity (Wildman–Crippen MR) is 129 cm³/mol. The van der Waals surface area contributed by atoms with Crippen LogP contribution in [0, 0.1) is 0 Å². The van der Waals surface area contributed by atoms with Gasteiger partial charge in [0.25, 0.3) is 5.95 Å². The van der Waals surface area contributed by atoms with Crippen molar-refractivity contribution in [1.82, 2.24) is 4.90 Å². The Bertz CT molecular complexity index is 705. The van der Waals surface area contributed by atoms with E-state index in [1.54, 1.807) is 13.0 Å². The zero-order valence-corrected chi connectivity index (χ0v) is 21.0. The largest absolute Gasteiger partial charge is 0.465 e. The van der Waals surface area contributed by atoms with Crippen molar-refractivity contribution in [3.05, 3.63) is 17.9 Å². The normalized spacial score (nSPS) is 16.9. The SMILES string of the molecule is CCCCCCCCCCCCCCOc1ccc(C(=O)OC(C)C2COCCN2C(=O)O)o1. The van der Waals surface area contributed by atoms with E-state index in [2.05, 4.69) is 6.92 Å². The zero-order valence-electron chi connectivity index (χ0n) is 21.0. The van der Waals surface area contributed by atoms with Gasteiger partial charge in [-0.05, 0) is 19.4 Å². The smallest absolute Gasteiger partial charge is 0.407 e. The van der Waals surface area contributed by atoms with Crippen LogP contribution in [0.3, 0.4) is 0 Å². The highest BCUT2D eigenvalue weighted by Crippen LogP contribution is 2.20. The van der Waals surface area contributed by atoms with Crippen molar-refractivity contribution in [1.29, 1.82) is 0 Å². The van der Waals surface area contributed by atoms with Crippen molar-refractivity contribution in [2.24, 2.45) is 0 Å². The van der Waals surface area contributed by atoms with Crippen molar-refractivity contribution in [2.45, 2.75) is 103 Å². The van der Waals surface area contributed by atoms with Gasteiger partial charge in [-0.3, -0.25) is 4.90 Å². The second-order valence-electron chi connectivity index (χ2n) is 9.08. The van der Waals surface area contributed by atoms with Crippen LogP contribution in [-0.2, 0) is 9.47 Å². The lowest BCUT2D eigenvalue weighted by Crippen LogP contribution is -2.54. The molecule has 1 aliphatic heterocycles. The highest BCUT2D eigenvalue weighted by Gasteiger charge is 2.34. The fourth-order valence-electron chi connectivity index (χ4n) is 4.18. The van der Waals surface area contributed by atoms with Gasteiger partial charge in [0.15, 0.2) is 0 Å². The van der Waals surface area contributed by atoms with Crippen molar-refractivity contribution in [3.63, 3.8) is 0 Å². The Kier molecular flexibility index (Phi) is 13.5. The average molecular weight is 482 g/mol. The van der Waals surface area contributed by atoms with Crippen molar-refractivity contribution >= 4 is 12.1 Å². The lowest BCUT2D eigenvalue weighted by Gasteiger charge is -2.36. The average Bonchev–Trinajstić information content (AvgIpc) is 3.31. The highest BCUT2D eigenvalue weighted by atomic mass is 16.6. The van der Waals surface area contributed by atoms with E-state index in [0.29, 0.717) is 13.2 Å². The van der Waals surface area contributed by atoms with Gasteiger partial charge in [0.1, 0.15) is 6.10 Å². The van der Waals surface area contributed by atoms with Crippen LogP contribution in [0.1, 0.15) is 101 Å². The summed E-state index contributed by atoms with van der Waals surface area (Å²) in [5, 5.41) is 9.32. The van der Waals surface area contributed by atoms with E-state index in [1.807, 2.05) is 0 Å². The highest BCUT2D eigenvalue weighted by molar-refractivity contribution is 5.86. The molecule has 0 radical (unpaired) electrons. The molecule has 0 spiro atoms. The molecule has 0 aliphatic carbocycles. The number of morpholine rings is 1. The third-order valence-corrected chi connectivity index (χ3v) is 6.27. The molecule has 2 rings (SSSR count). The van der Waals surface area contributed by atoms with Gasteiger partial charge >= 0.3 is 12.1 Å². The van der Waals surface area contributed by atoms with Crippen LogP contribution in [-0.4, -0.2) is 60.6 Å². The van der Waals surface area contributed by atoms with E-state index < -0.39 is 24.2 Å². The summed E-state index contributed by atoms with van der Waals surface area (Å²) in [6.07, 6.45) is 13.7. The third kappa shape index (κ3) is 10.4. The lowest BCUT2D eigenvalue weighted by atomic mass is 10.1. The van der Waals surface area contributed by atoms with Crippen LogP contribution < -0.4 is 4.74 Å². The van der Waals surface area contributed by atoms with E-state index in [1.165, 1.54) is 75.2 Å². The van der Waals surface area contributed by atoms with Gasteiger partial charge < -0.3 is 23.7 Å². The minimum Gasteiger partial charge on any atom is -0.465 e. The van der Waals surface area contributed by atoms with Crippen LogP contribution in [0.25, 0.3) is 0 Å². The standard InChI is InChI=1S/C26H43NO7/c1-3-4-5-6-7-8-9-10-11-12-13-14-18-32-24-16-15-23(34-24)25(28)33-21(2)22-20-31-19-17-27(22)26(29)30/h15-16,21-22H,3-14,17-20H2,1-2H3,(H,29,30). The third-order valence-electron chi connectivity index (χ3n) is 6.27. The first-order valence-electron chi connectivity index (χ1n) is 13.0. The molecule has 1 aliphatic rings. The first-order valence-corrected chi connectivity index (χ1v) is 13.0. The Morgan fingerprint density at radius 1 is 1.03 bits per heavy atom. The summed E-state index contributed by atoms with van der Waals surface area (Å²) in [6.45, 7) is 5.22. The number of hydrogen-bond acceptors (Lipinski definition) is 6. The Morgan fingerprint density at radius 3 is 2.26 bits per heavy atom. The summed E-state index contributed by atoms with van der Waals surface area (Å²) in [5.74, 6) is -0.324. The van der Waals surface area contributed by atoms with Crippen LogP contribution in [0.5, 0.6) is 5.95 Å². The second-order valence-corrected chi connectivity index (χ2v) is 9.08. The molecular weight excluding hydrogens is 438 g/mol. The number of furan rings is 1. The number of rotatable bonds is 17. The number of carbonyl (C=O) groups excluding carboxylic acids is 1. The molecule has 2 unspecified atom stereocenters. The number of nitrogens with zero attached hydrogens (tertiary/aromatic N) is 1. The van der Waals surface area contributed by atoms with Crippen LogP contribution in [0.4, 0.5) is 4.79 Å². The Morgan fingerprint density at radius 2 is 1.65 bits per heavy atom. The molecule has 194 valence electrons. The first-order chi connectivity index (χ1) is 16.5. The van der Waals surface area contributed by atoms with E-state index in [9.17, 15) is 14.7 Å². The molecule has 1 fully saturated rings. The quantitative estimate of drug-likeness (QED) is 0.206. The van der Waals surface area contributed by atoms with Gasteiger partial charge in [0, 0.05) is 12.6 Å². The van der Waals surface area contributed by atoms with E-state index in [0.717, 1.165) is 12.8 Å². The van der Waals surface area contributed by atoms with E-state index >= 15 is 0 Å². The van der Waals surface area contributed by atoms with Crippen LogP contribution in [0.2, 0.25) is 0 Å². The molecule has 2 atom stereocenters. The van der Waals surface area contributed by atoms with Gasteiger partial charge in [-0.1, -0.05) is 77.6 Å². The first kappa shape index (κ1) is 28.0. The molecule has 1 amide bonds. The number of ether oxygens (including phenoxy) is 3. The maximum absolute atomic E-state index is 12.4. The number of carboxylic acid groups (broad SMARTS) is 1. The fourth-order valence-corrected chi connectivity index (χ4v) is 4.18. The topological polar surface area (TPSA) is 98.4 Å². The number of amides is 1. The Labute approximate surface area is 203 Å². The minimum atomic E-state index is -1.05. The number of unbranched alkanes of at least 4 members (excludes halogenated alkanes) is 11. The molecule has 8 heteroatoms. The van der Waals surface area contributed by atoms with Gasteiger partial charge in [-0.2, -0.15) is 0 Å². The van der Waals surface area contributed by atoms with Gasteiger partial charge in [-0.25, -0.2) is 9.59 Å². The van der Waals surface area contributed by atoms with Crippen LogP contribution >= 0.6 is 0 Å². The number of esters is 1. The van der Waals surface area contributed by atoms with Crippen LogP contribution in [0.15, 0.2) is 16.5 Å². The van der Waals surface area contributed by atoms with Gasteiger partial charge in [0.2, 0.25) is 5.76 Å². The van der Waals surface area contributed by atoms with Crippen molar-refractivity contribution in [2.75, 3.05) is 26.4 Å². The Hall–Kier alpha value is -2.22. The molecule has 2 heterocycles. The summed E-state index contributed by atoms with van der Waals surface area (Å²) in [5.41, 5.74) is 0. The molecule has 1 saturated heterocycles. The molecule has 8 nitrogen and oxygen atoms in total. The summed E-state index contributed by atoms with van der Waals surface area (Å²) < 4.78 is 21.8. The summed E-state index contributed by atoms with van der Waals surface area (Å²) in [4.78, 5) is 25.0. The molecule has 0 aromatic carbocycles. The maximum atomic E-state index is 12.4. The molecule has 1 N–H and O–H groups in total. The molecular formula is C26H43NO7.